The molecule has 1 aromatic carbocycles. The third kappa shape index (κ3) is 6.64. The number of nitrogens with one attached hydrogen (secondary N) is 1. The van der Waals surface area contributed by atoms with Crippen LogP contribution in [0.1, 0.15) is 45.4 Å². The standard InChI is InChI=1S/C18H31N3O2S2/c1-2-3-4-5-14-25(22,23)21-16-8-6-9-17(15-16)24-13-12-20-18(24)10-7-11-19/h6,8-9,15,21,24H,2-5,7,10-14,19H2,1H3. The molecule has 0 amide bonds. The summed E-state index contributed by atoms with van der Waals surface area (Å²) in [7, 11) is -3.70. The number of hydrogen-bond acceptors (Lipinski definition) is 4. The van der Waals surface area contributed by atoms with Gasteiger partial charge in [-0.3, -0.25) is 9.71 Å². The zero-order chi connectivity index (χ0) is 18.1. The van der Waals surface area contributed by atoms with E-state index in [1.807, 2.05) is 18.2 Å². The van der Waals surface area contributed by atoms with Gasteiger partial charge in [-0.25, -0.2) is 8.42 Å². The quantitative estimate of drug-likeness (QED) is 0.402. The Kier molecular flexibility index (Phi) is 8.26. The molecule has 2 rings (SSSR count). The van der Waals surface area contributed by atoms with Gasteiger partial charge in [0.1, 0.15) is 0 Å². The van der Waals surface area contributed by atoms with Crippen molar-refractivity contribution in [2.75, 3.05) is 29.3 Å². The zero-order valence-electron chi connectivity index (χ0n) is 15.1. The Bertz CT molecular complexity index is 675. The number of aliphatic imine (C=N–C) groups is 1. The minimum atomic E-state index is -3.27. The van der Waals surface area contributed by atoms with Crippen LogP contribution in [0.4, 0.5) is 5.69 Å². The van der Waals surface area contributed by atoms with E-state index in [2.05, 4.69) is 22.7 Å². The van der Waals surface area contributed by atoms with Crippen molar-refractivity contribution < 1.29 is 8.42 Å². The fourth-order valence-electron chi connectivity index (χ4n) is 2.93. The zero-order valence-corrected chi connectivity index (χ0v) is 16.8. The van der Waals surface area contributed by atoms with E-state index >= 15 is 0 Å². The molecule has 0 aromatic heterocycles. The normalized spacial score (nSPS) is 19.0. The lowest BCUT2D eigenvalue weighted by Gasteiger charge is -2.19. The van der Waals surface area contributed by atoms with E-state index in [0.29, 0.717) is 18.7 Å². The number of anilines is 1. The van der Waals surface area contributed by atoms with Crippen LogP contribution < -0.4 is 10.5 Å². The number of nitrogens with zero attached hydrogens (tertiary/aromatic N) is 1. The second kappa shape index (κ2) is 10.2. The number of unbranched alkanes of at least 4 members (excludes halogenated alkanes) is 3. The first kappa shape index (κ1) is 20.3. The van der Waals surface area contributed by atoms with Crippen LogP contribution in [0.15, 0.2) is 34.2 Å². The average molecular weight is 386 g/mol. The van der Waals surface area contributed by atoms with E-state index in [1.54, 1.807) is 0 Å². The predicted molar refractivity (Wildman–Crippen MR) is 111 cm³/mol. The van der Waals surface area contributed by atoms with Crippen molar-refractivity contribution in [1.29, 1.82) is 0 Å². The topological polar surface area (TPSA) is 84.5 Å². The van der Waals surface area contributed by atoms with Crippen molar-refractivity contribution in [2.24, 2.45) is 10.7 Å². The van der Waals surface area contributed by atoms with Gasteiger partial charge < -0.3 is 5.73 Å². The summed E-state index contributed by atoms with van der Waals surface area (Å²) in [5.74, 6) is 1.25. The van der Waals surface area contributed by atoms with E-state index in [1.165, 1.54) is 9.94 Å². The van der Waals surface area contributed by atoms with Crippen LogP contribution in [-0.4, -0.2) is 38.1 Å². The summed E-state index contributed by atoms with van der Waals surface area (Å²) in [6.07, 6.45) is 5.78. The smallest absolute Gasteiger partial charge is 0.232 e. The summed E-state index contributed by atoms with van der Waals surface area (Å²) in [5, 5.41) is 1.26. The van der Waals surface area contributed by atoms with Crippen molar-refractivity contribution in [3.05, 3.63) is 24.3 Å². The van der Waals surface area contributed by atoms with E-state index in [4.69, 9.17) is 5.73 Å². The molecule has 25 heavy (non-hydrogen) atoms. The van der Waals surface area contributed by atoms with E-state index in [0.717, 1.165) is 44.4 Å². The SMILES string of the molecule is CCCCCCS(=O)(=O)Nc1cccc([SH]2CCN=C2CCCN)c1. The molecule has 0 saturated carbocycles. The number of benzene rings is 1. The molecule has 0 aliphatic carbocycles. The minimum absolute atomic E-state index is 0.190. The van der Waals surface area contributed by atoms with Gasteiger partial charge in [-0.15, -0.1) is 0 Å². The molecule has 0 fully saturated rings. The summed E-state index contributed by atoms with van der Waals surface area (Å²) in [5.41, 5.74) is 6.29. The molecule has 0 bridgehead atoms. The number of hydrogen-bond donors (Lipinski definition) is 3. The highest BCUT2D eigenvalue weighted by atomic mass is 32.2. The van der Waals surface area contributed by atoms with Crippen LogP contribution in [0.25, 0.3) is 0 Å². The lowest BCUT2D eigenvalue weighted by Crippen LogP contribution is -2.16. The highest BCUT2D eigenvalue weighted by Gasteiger charge is 2.19. The van der Waals surface area contributed by atoms with Crippen molar-refractivity contribution in [2.45, 2.75) is 50.3 Å². The van der Waals surface area contributed by atoms with Crippen molar-refractivity contribution in [3.63, 3.8) is 0 Å². The fraction of sp³-hybridized carbons (Fsp3) is 0.611. The Morgan fingerprint density at radius 2 is 2.08 bits per heavy atom. The Morgan fingerprint density at radius 3 is 2.84 bits per heavy atom. The molecular weight excluding hydrogens is 354 g/mol. The molecule has 7 heteroatoms. The lowest BCUT2D eigenvalue weighted by atomic mass is 10.2. The lowest BCUT2D eigenvalue weighted by molar-refractivity contribution is 0.594. The summed E-state index contributed by atoms with van der Waals surface area (Å²) in [6.45, 7) is 3.67. The van der Waals surface area contributed by atoms with Gasteiger partial charge in [-0.2, -0.15) is 10.9 Å². The Labute approximate surface area is 154 Å². The molecule has 1 aromatic rings. The minimum Gasteiger partial charge on any atom is -0.330 e. The Hall–Kier alpha value is -1.05. The van der Waals surface area contributed by atoms with Crippen LogP contribution in [0, 0.1) is 0 Å². The van der Waals surface area contributed by atoms with Gasteiger partial charge in [0.05, 0.1) is 10.8 Å². The maximum absolute atomic E-state index is 12.3. The van der Waals surface area contributed by atoms with Crippen LogP contribution in [0.5, 0.6) is 0 Å². The van der Waals surface area contributed by atoms with Gasteiger partial charge in [-0.1, -0.05) is 32.3 Å². The second-order valence-electron chi connectivity index (χ2n) is 6.37. The van der Waals surface area contributed by atoms with E-state index in [9.17, 15) is 8.42 Å². The van der Waals surface area contributed by atoms with Crippen LogP contribution in [-0.2, 0) is 10.0 Å². The molecule has 1 aliphatic heterocycles. The first-order chi connectivity index (χ1) is 12.1. The predicted octanol–water partition coefficient (Wildman–Crippen LogP) is 3.52. The van der Waals surface area contributed by atoms with E-state index in [-0.39, 0.29) is 5.75 Å². The summed E-state index contributed by atoms with van der Waals surface area (Å²) >= 11 is 0. The largest absolute Gasteiger partial charge is 0.330 e. The number of rotatable bonds is 11. The Balaban J connectivity index is 2.00. The van der Waals surface area contributed by atoms with Gasteiger partial charge in [0, 0.05) is 18.0 Å². The molecule has 1 aliphatic rings. The van der Waals surface area contributed by atoms with Gasteiger partial charge in [0.25, 0.3) is 0 Å². The highest BCUT2D eigenvalue weighted by Crippen LogP contribution is 2.43. The molecular formula is C18H31N3O2S2. The molecule has 5 nitrogen and oxygen atoms in total. The maximum atomic E-state index is 12.3. The number of thiol groups is 1. The first-order valence-corrected chi connectivity index (χ1v) is 12.3. The molecule has 1 unspecified atom stereocenters. The van der Waals surface area contributed by atoms with Crippen LogP contribution in [0.2, 0.25) is 0 Å². The first-order valence-electron chi connectivity index (χ1n) is 9.17. The summed E-state index contributed by atoms with van der Waals surface area (Å²) in [4.78, 5) is 5.85. The van der Waals surface area contributed by atoms with Gasteiger partial charge in [0.2, 0.25) is 10.0 Å². The second-order valence-corrected chi connectivity index (χ2v) is 10.6. The molecule has 3 N–H and O–H groups in total. The van der Waals surface area contributed by atoms with E-state index < -0.39 is 20.9 Å². The number of sulfonamides is 1. The van der Waals surface area contributed by atoms with Gasteiger partial charge >= 0.3 is 0 Å². The van der Waals surface area contributed by atoms with Crippen molar-refractivity contribution in [3.8, 4) is 0 Å². The molecule has 0 saturated heterocycles. The number of nitrogens with two attached hydrogens (primary N) is 1. The van der Waals surface area contributed by atoms with Crippen LogP contribution in [0.3, 0.4) is 0 Å². The highest BCUT2D eigenvalue weighted by molar-refractivity contribution is 8.30. The third-order valence-corrected chi connectivity index (χ3v) is 8.14. The molecule has 142 valence electrons. The summed E-state index contributed by atoms with van der Waals surface area (Å²) < 4.78 is 27.3. The molecule has 1 atom stereocenters. The van der Waals surface area contributed by atoms with Crippen molar-refractivity contribution >= 4 is 31.6 Å². The molecule has 1 heterocycles. The van der Waals surface area contributed by atoms with Crippen molar-refractivity contribution in [1.82, 2.24) is 0 Å². The van der Waals surface area contributed by atoms with Gasteiger partial charge in [-0.05, 0) is 48.9 Å². The summed E-state index contributed by atoms with van der Waals surface area (Å²) in [6, 6.07) is 7.84. The molecule has 0 radical (unpaired) electrons. The monoisotopic (exact) mass is 385 g/mol. The van der Waals surface area contributed by atoms with Gasteiger partial charge in [0.15, 0.2) is 0 Å². The third-order valence-electron chi connectivity index (χ3n) is 4.23. The molecule has 0 spiro atoms. The maximum Gasteiger partial charge on any atom is 0.232 e. The average Bonchev–Trinajstić information content (AvgIpc) is 3.05. The Morgan fingerprint density at radius 1 is 1.24 bits per heavy atom. The van der Waals surface area contributed by atoms with Crippen LogP contribution >= 0.6 is 10.9 Å². The fourth-order valence-corrected chi connectivity index (χ4v) is 6.48.